The monoisotopic (exact) mass is 307 g/mol. The fourth-order valence-electron chi connectivity index (χ4n) is 2.34. The molecule has 118 valence electrons. The van der Waals surface area contributed by atoms with Crippen molar-refractivity contribution in [2.75, 3.05) is 26.4 Å². The maximum atomic E-state index is 13.4. The molecule has 1 aliphatic rings. The largest absolute Gasteiger partial charge is 0.419 e. The maximum Gasteiger partial charge on any atom is 0.419 e. The second kappa shape index (κ2) is 6.72. The zero-order chi connectivity index (χ0) is 15.5. The number of benzene rings is 1. The molecular formula is C14H17F4NO2. The van der Waals surface area contributed by atoms with Gasteiger partial charge in [-0.2, -0.15) is 13.2 Å². The lowest BCUT2D eigenvalue weighted by molar-refractivity contribution is -0.140. The molecule has 0 aromatic heterocycles. The van der Waals surface area contributed by atoms with Gasteiger partial charge in [-0.15, -0.1) is 0 Å². The molecule has 0 radical (unpaired) electrons. The number of hydrogen-bond acceptors (Lipinski definition) is 3. The molecule has 2 unspecified atom stereocenters. The van der Waals surface area contributed by atoms with E-state index in [0.717, 1.165) is 12.1 Å². The minimum Gasteiger partial charge on any atom is -0.376 e. The zero-order valence-electron chi connectivity index (χ0n) is 11.5. The van der Waals surface area contributed by atoms with Crippen LogP contribution in [0, 0.1) is 5.82 Å². The summed E-state index contributed by atoms with van der Waals surface area (Å²) in [5.74, 6) is -1.28. The molecule has 1 saturated heterocycles. The molecular weight excluding hydrogens is 290 g/mol. The molecule has 1 N–H and O–H groups in total. The lowest BCUT2D eigenvalue weighted by Gasteiger charge is -2.31. The van der Waals surface area contributed by atoms with Crippen molar-refractivity contribution in [1.82, 2.24) is 5.32 Å². The van der Waals surface area contributed by atoms with Crippen LogP contribution in [0.3, 0.4) is 0 Å². The Labute approximate surface area is 120 Å². The van der Waals surface area contributed by atoms with Crippen LogP contribution in [0.4, 0.5) is 17.6 Å². The van der Waals surface area contributed by atoms with Gasteiger partial charge in [0, 0.05) is 0 Å². The van der Waals surface area contributed by atoms with Crippen molar-refractivity contribution in [2.45, 2.75) is 25.2 Å². The van der Waals surface area contributed by atoms with Crippen LogP contribution in [0.2, 0.25) is 0 Å². The van der Waals surface area contributed by atoms with Crippen LogP contribution in [-0.2, 0) is 15.7 Å². The summed E-state index contributed by atoms with van der Waals surface area (Å²) in [4.78, 5) is 0. The van der Waals surface area contributed by atoms with Crippen molar-refractivity contribution in [1.29, 1.82) is 0 Å². The summed E-state index contributed by atoms with van der Waals surface area (Å²) in [5.41, 5.74) is -0.930. The highest BCUT2D eigenvalue weighted by atomic mass is 19.4. The van der Waals surface area contributed by atoms with Crippen molar-refractivity contribution in [3.8, 4) is 0 Å². The second-order valence-electron chi connectivity index (χ2n) is 4.76. The molecule has 1 heterocycles. The summed E-state index contributed by atoms with van der Waals surface area (Å²) >= 11 is 0. The highest BCUT2D eigenvalue weighted by Crippen LogP contribution is 2.34. The SMILES string of the molecule is CCNC(c1ccc(F)c(C(F)(F)F)c1)C1COCCO1. The molecule has 0 bridgehead atoms. The molecule has 21 heavy (non-hydrogen) atoms. The minimum atomic E-state index is -4.72. The Balaban J connectivity index is 2.31. The number of rotatable bonds is 4. The first-order valence-electron chi connectivity index (χ1n) is 6.73. The third kappa shape index (κ3) is 3.93. The third-order valence-corrected chi connectivity index (χ3v) is 3.29. The quantitative estimate of drug-likeness (QED) is 0.868. The smallest absolute Gasteiger partial charge is 0.376 e. The summed E-state index contributed by atoms with van der Waals surface area (Å²) in [6.07, 6.45) is -5.12. The predicted molar refractivity (Wildman–Crippen MR) is 68.4 cm³/mol. The van der Waals surface area contributed by atoms with Crippen LogP contribution in [0.1, 0.15) is 24.1 Å². The standard InChI is InChI=1S/C14H17F4NO2/c1-2-19-13(12-8-20-5-6-21-12)9-3-4-11(15)10(7-9)14(16,17)18/h3-4,7,12-13,19H,2,5-6,8H2,1H3. The van der Waals surface area contributed by atoms with Gasteiger partial charge in [-0.3, -0.25) is 0 Å². The molecule has 1 aromatic carbocycles. The highest BCUT2D eigenvalue weighted by Gasteiger charge is 2.35. The minimum absolute atomic E-state index is 0.288. The number of hydrogen-bond donors (Lipinski definition) is 1. The molecule has 2 atom stereocenters. The van der Waals surface area contributed by atoms with E-state index in [9.17, 15) is 17.6 Å². The Morgan fingerprint density at radius 3 is 2.67 bits per heavy atom. The molecule has 7 heteroatoms. The van der Waals surface area contributed by atoms with Gasteiger partial charge < -0.3 is 14.8 Å². The Bertz CT molecular complexity index is 473. The maximum absolute atomic E-state index is 13.4. The van der Waals surface area contributed by atoms with E-state index in [1.165, 1.54) is 6.07 Å². The van der Waals surface area contributed by atoms with Crippen molar-refractivity contribution in [3.63, 3.8) is 0 Å². The third-order valence-electron chi connectivity index (χ3n) is 3.29. The molecule has 0 saturated carbocycles. The number of ether oxygens (including phenoxy) is 2. The van der Waals surface area contributed by atoms with E-state index in [1.807, 2.05) is 6.92 Å². The van der Waals surface area contributed by atoms with Gasteiger partial charge in [0.05, 0.1) is 31.4 Å². The van der Waals surface area contributed by atoms with Gasteiger partial charge in [0.1, 0.15) is 11.9 Å². The number of alkyl halides is 3. The molecule has 3 nitrogen and oxygen atoms in total. The molecule has 0 spiro atoms. The van der Waals surface area contributed by atoms with E-state index in [0.29, 0.717) is 25.3 Å². The van der Waals surface area contributed by atoms with E-state index in [4.69, 9.17) is 9.47 Å². The van der Waals surface area contributed by atoms with Gasteiger partial charge in [0.2, 0.25) is 0 Å². The fraction of sp³-hybridized carbons (Fsp3) is 0.571. The Morgan fingerprint density at radius 2 is 2.10 bits per heavy atom. The van der Waals surface area contributed by atoms with E-state index >= 15 is 0 Å². The van der Waals surface area contributed by atoms with Crippen LogP contribution in [0.15, 0.2) is 18.2 Å². The predicted octanol–water partition coefficient (Wildman–Crippen LogP) is 2.91. The summed E-state index contributed by atoms with van der Waals surface area (Å²) < 4.78 is 62.6. The van der Waals surface area contributed by atoms with Crippen LogP contribution in [0.5, 0.6) is 0 Å². The highest BCUT2D eigenvalue weighted by molar-refractivity contribution is 5.30. The topological polar surface area (TPSA) is 30.5 Å². The van der Waals surface area contributed by atoms with Crippen molar-refractivity contribution in [3.05, 3.63) is 35.1 Å². The van der Waals surface area contributed by atoms with Gasteiger partial charge in [-0.25, -0.2) is 4.39 Å². The lowest BCUT2D eigenvalue weighted by Crippen LogP contribution is -2.40. The summed E-state index contributed by atoms with van der Waals surface area (Å²) in [7, 11) is 0. The second-order valence-corrected chi connectivity index (χ2v) is 4.76. The first-order chi connectivity index (χ1) is 9.93. The number of nitrogens with one attached hydrogen (secondary N) is 1. The summed E-state index contributed by atoms with van der Waals surface area (Å²) in [6, 6.07) is 2.54. The van der Waals surface area contributed by atoms with Gasteiger partial charge in [-0.1, -0.05) is 13.0 Å². The molecule has 2 rings (SSSR count). The van der Waals surface area contributed by atoms with Crippen LogP contribution in [0.25, 0.3) is 0 Å². The van der Waals surface area contributed by atoms with Crippen molar-refractivity contribution < 1.29 is 27.0 Å². The van der Waals surface area contributed by atoms with Gasteiger partial charge in [-0.05, 0) is 24.2 Å². The Morgan fingerprint density at radius 1 is 1.33 bits per heavy atom. The summed E-state index contributed by atoms with van der Waals surface area (Å²) in [6.45, 7) is 3.52. The zero-order valence-corrected chi connectivity index (χ0v) is 11.5. The van der Waals surface area contributed by atoms with Crippen molar-refractivity contribution in [2.24, 2.45) is 0 Å². The van der Waals surface area contributed by atoms with E-state index < -0.39 is 29.7 Å². The normalized spacial score (nSPS) is 21.3. The van der Waals surface area contributed by atoms with E-state index in [-0.39, 0.29) is 6.61 Å². The molecule has 0 aliphatic carbocycles. The van der Waals surface area contributed by atoms with Gasteiger partial charge >= 0.3 is 6.18 Å². The Hall–Kier alpha value is -1.18. The van der Waals surface area contributed by atoms with Gasteiger partial charge in [0.25, 0.3) is 0 Å². The lowest BCUT2D eigenvalue weighted by atomic mass is 9.98. The van der Waals surface area contributed by atoms with Gasteiger partial charge in [0.15, 0.2) is 0 Å². The fourth-order valence-corrected chi connectivity index (χ4v) is 2.34. The number of halogens is 4. The molecule has 1 fully saturated rings. The summed E-state index contributed by atoms with van der Waals surface area (Å²) in [5, 5.41) is 3.07. The van der Waals surface area contributed by atoms with Crippen LogP contribution in [-0.4, -0.2) is 32.5 Å². The average Bonchev–Trinajstić information content (AvgIpc) is 2.45. The van der Waals surface area contributed by atoms with Crippen LogP contribution >= 0.6 is 0 Å². The first-order valence-corrected chi connectivity index (χ1v) is 6.73. The molecule has 1 aliphatic heterocycles. The molecule has 1 aromatic rings. The number of likely N-dealkylation sites (N-methyl/N-ethyl adjacent to an activating group) is 1. The molecule has 0 amide bonds. The Kier molecular flexibility index (Phi) is 5.18. The average molecular weight is 307 g/mol. The van der Waals surface area contributed by atoms with E-state index in [1.54, 1.807) is 0 Å². The van der Waals surface area contributed by atoms with Crippen molar-refractivity contribution >= 4 is 0 Å². The first kappa shape index (κ1) is 16.2. The van der Waals surface area contributed by atoms with E-state index in [2.05, 4.69) is 5.32 Å². The van der Waals surface area contributed by atoms with Crippen LogP contribution < -0.4 is 5.32 Å².